The first-order chi connectivity index (χ1) is 7.31. The Bertz CT molecular complexity index is 264. The molecule has 0 aromatic carbocycles. The van der Waals surface area contributed by atoms with Gasteiger partial charge < -0.3 is 9.88 Å². The highest BCUT2D eigenvalue weighted by Gasteiger charge is 2.04. The molecule has 1 N–H and O–H groups in total. The fourth-order valence-electron chi connectivity index (χ4n) is 1.76. The summed E-state index contributed by atoms with van der Waals surface area (Å²) in [5, 5.41) is 3.50. The van der Waals surface area contributed by atoms with Gasteiger partial charge in [0, 0.05) is 19.3 Å². The molecule has 1 aromatic rings. The SMILES string of the molecule is CCC(CC)CNCc1cncn1CC. The lowest BCUT2D eigenvalue weighted by Gasteiger charge is -2.13. The lowest BCUT2D eigenvalue weighted by Crippen LogP contribution is -2.22. The minimum atomic E-state index is 0.808. The van der Waals surface area contributed by atoms with Gasteiger partial charge in [0.2, 0.25) is 0 Å². The van der Waals surface area contributed by atoms with E-state index in [0.29, 0.717) is 0 Å². The van der Waals surface area contributed by atoms with Crippen LogP contribution in [0.2, 0.25) is 0 Å². The van der Waals surface area contributed by atoms with Gasteiger partial charge in [0.1, 0.15) is 0 Å². The van der Waals surface area contributed by atoms with Gasteiger partial charge in [-0.25, -0.2) is 4.98 Å². The van der Waals surface area contributed by atoms with Crippen LogP contribution in [-0.2, 0) is 13.1 Å². The summed E-state index contributed by atoms with van der Waals surface area (Å²) in [7, 11) is 0. The molecule has 0 amide bonds. The number of hydrogen-bond donors (Lipinski definition) is 1. The summed E-state index contributed by atoms with van der Waals surface area (Å²) in [5.41, 5.74) is 1.28. The van der Waals surface area contributed by atoms with Crippen LogP contribution in [0.25, 0.3) is 0 Å². The molecule has 0 spiro atoms. The standard InChI is InChI=1S/C12H23N3/c1-4-11(5-2)7-13-8-12-9-14-10-15(12)6-3/h9-11,13H,4-8H2,1-3H3. The van der Waals surface area contributed by atoms with Crippen molar-refractivity contribution in [3.05, 3.63) is 18.2 Å². The van der Waals surface area contributed by atoms with E-state index in [1.807, 2.05) is 12.5 Å². The summed E-state index contributed by atoms with van der Waals surface area (Å²) in [4.78, 5) is 4.15. The third kappa shape index (κ3) is 3.67. The summed E-state index contributed by atoms with van der Waals surface area (Å²) in [5.74, 6) is 0.808. The first-order valence-corrected chi connectivity index (χ1v) is 6.01. The Kier molecular flexibility index (Phi) is 5.40. The Morgan fingerprint density at radius 2 is 2.07 bits per heavy atom. The highest BCUT2D eigenvalue weighted by atomic mass is 15.1. The Labute approximate surface area is 92.9 Å². The molecule has 86 valence electrons. The van der Waals surface area contributed by atoms with Crippen molar-refractivity contribution in [3.8, 4) is 0 Å². The lowest BCUT2D eigenvalue weighted by atomic mass is 10.0. The van der Waals surface area contributed by atoms with Crippen molar-refractivity contribution in [1.82, 2.24) is 14.9 Å². The first kappa shape index (κ1) is 12.2. The van der Waals surface area contributed by atoms with Gasteiger partial charge in [0.15, 0.2) is 0 Å². The van der Waals surface area contributed by atoms with Gasteiger partial charge >= 0.3 is 0 Å². The third-order valence-electron chi connectivity index (χ3n) is 3.03. The van der Waals surface area contributed by atoms with Crippen molar-refractivity contribution >= 4 is 0 Å². The quantitative estimate of drug-likeness (QED) is 0.747. The number of hydrogen-bond acceptors (Lipinski definition) is 2. The molecule has 1 heterocycles. The zero-order valence-electron chi connectivity index (χ0n) is 10.2. The maximum absolute atomic E-state index is 4.15. The van der Waals surface area contributed by atoms with Crippen LogP contribution in [0.3, 0.4) is 0 Å². The van der Waals surface area contributed by atoms with E-state index < -0.39 is 0 Å². The molecule has 0 radical (unpaired) electrons. The maximum atomic E-state index is 4.15. The van der Waals surface area contributed by atoms with E-state index in [4.69, 9.17) is 0 Å². The van der Waals surface area contributed by atoms with Crippen LogP contribution in [0, 0.1) is 5.92 Å². The van der Waals surface area contributed by atoms with Crippen LogP contribution < -0.4 is 5.32 Å². The monoisotopic (exact) mass is 209 g/mol. The predicted molar refractivity (Wildman–Crippen MR) is 63.7 cm³/mol. The van der Waals surface area contributed by atoms with E-state index >= 15 is 0 Å². The second kappa shape index (κ2) is 6.62. The predicted octanol–water partition coefficient (Wildman–Crippen LogP) is 2.43. The summed E-state index contributed by atoms with van der Waals surface area (Å²) < 4.78 is 2.18. The number of nitrogens with one attached hydrogen (secondary N) is 1. The number of aromatic nitrogens is 2. The molecule has 0 atom stereocenters. The molecule has 3 nitrogen and oxygen atoms in total. The van der Waals surface area contributed by atoms with Gasteiger partial charge in [-0.05, 0) is 19.4 Å². The molecule has 1 rings (SSSR count). The highest BCUT2D eigenvalue weighted by molar-refractivity contribution is 4.97. The smallest absolute Gasteiger partial charge is 0.0948 e. The molecule has 15 heavy (non-hydrogen) atoms. The average molecular weight is 209 g/mol. The van der Waals surface area contributed by atoms with Crippen LogP contribution in [0.4, 0.5) is 0 Å². The summed E-state index contributed by atoms with van der Waals surface area (Å²) in [6.07, 6.45) is 6.37. The van der Waals surface area contributed by atoms with Crippen LogP contribution in [0.5, 0.6) is 0 Å². The van der Waals surface area contributed by atoms with Gasteiger partial charge in [0.25, 0.3) is 0 Å². The third-order valence-corrected chi connectivity index (χ3v) is 3.03. The Morgan fingerprint density at radius 3 is 2.67 bits per heavy atom. The summed E-state index contributed by atoms with van der Waals surface area (Å²) in [6, 6.07) is 0. The van der Waals surface area contributed by atoms with Crippen molar-refractivity contribution in [1.29, 1.82) is 0 Å². The van der Waals surface area contributed by atoms with Crippen LogP contribution >= 0.6 is 0 Å². The van der Waals surface area contributed by atoms with E-state index in [2.05, 4.69) is 35.6 Å². The normalized spacial score (nSPS) is 11.2. The topological polar surface area (TPSA) is 29.9 Å². The van der Waals surface area contributed by atoms with Gasteiger partial charge in [0.05, 0.1) is 12.0 Å². The number of nitrogens with zero attached hydrogens (tertiary/aromatic N) is 2. The van der Waals surface area contributed by atoms with E-state index in [-0.39, 0.29) is 0 Å². The molecule has 3 heteroatoms. The molecule has 0 aliphatic rings. The van der Waals surface area contributed by atoms with Crippen LogP contribution in [0.1, 0.15) is 39.3 Å². The van der Waals surface area contributed by atoms with E-state index in [1.54, 1.807) is 0 Å². The average Bonchev–Trinajstić information content (AvgIpc) is 2.72. The number of rotatable bonds is 7. The second-order valence-electron chi connectivity index (χ2n) is 3.98. The largest absolute Gasteiger partial charge is 0.334 e. The maximum Gasteiger partial charge on any atom is 0.0948 e. The molecule has 0 unspecified atom stereocenters. The molecular weight excluding hydrogens is 186 g/mol. The van der Waals surface area contributed by atoms with Crippen molar-refractivity contribution in [3.63, 3.8) is 0 Å². The molecule has 0 aliphatic carbocycles. The Balaban J connectivity index is 2.31. The van der Waals surface area contributed by atoms with Crippen molar-refractivity contribution in [2.45, 2.75) is 46.7 Å². The van der Waals surface area contributed by atoms with Crippen LogP contribution in [-0.4, -0.2) is 16.1 Å². The zero-order chi connectivity index (χ0) is 11.1. The molecule has 0 bridgehead atoms. The van der Waals surface area contributed by atoms with Gasteiger partial charge in [-0.1, -0.05) is 26.7 Å². The van der Waals surface area contributed by atoms with E-state index in [9.17, 15) is 0 Å². The molecular formula is C12H23N3. The summed E-state index contributed by atoms with van der Waals surface area (Å²) >= 11 is 0. The molecule has 0 saturated heterocycles. The molecule has 0 aliphatic heterocycles. The molecule has 0 saturated carbocycles. The minimum absolute atomic E-state index is 0.808. The van der Waals surface area contributed by atoms with E-state index in [0.717, 1.165) is 25.6 Å². The van der Waals surface area contributed by atoms with Gasteiger partial charge in [-0.3, -0.25) is 0 Å². The van der Waals surface area contributed by atoms with Crippen LogP contribution in [0.15, 0.2) is 12.5 Å². The number of aryl methyl sites for hydroxylation is 1. The second-order valence-corrected chi connectivity index (χ2v) is 3.98. The first-order valence-electron chi connectivity index (χ1n) is 6.01. The fourth-order valence-corrected chi connectivity index (χ4v) is 1.76. The number of imidazole rings is 1. The summed E-state index contributed by atoms with van der Waals surface area (Å²) in [6.45, 7) is 9.71. The van der Waals surface area contributed by atoms with Gasteiger partial charge in [-0.15, -0.1) is 0 Å². The Hall–Kier alpha value is -0.830. The molecule has 0 fully saturated rings. The highest BCUT2D eigenvalue weighted by Crippen LogP contribution is 2.06. The van der Waals surface area contributed by atoms with E-state index in [1.165, 1.54) is 18.5 Å². The fraction of sp³-hybridized carbons (Fsp3) is 0.750. The van der Waals surface area contributed by atoms with Crippen molar-refractivity contribution < 1.29 is 0 Å². The van der Waals surface area contributed by atoms with Gasteiger partial charge in [-0.2, -0.15) is 0 Å². The molecule has 1 aromatic heterocycles. The Morgan fingerprint density at radius 1 is 1.33 bits per heavy atom. The van der Waals surface area contributed by atoms with Crippen molar-refractivity contribution in [2.24, 2.45) is 5.92 Å². The zero-order valence-corrected chi connectivity index (χ0v) is 10.2. The minimum Gasteiger partial charge on any atom is -0.334 e. The lowest BCUT2D eigenvalue weighted by molar-refractivity contribution is 0.445. The van der Waals surface area contributed by atoms with Crippen molar-refractivity contribution in [2.75, 3.05) is 6.54 Å².